The smallest absolute Gasteiger partial charge is 0.319 e. The molecule has 4 heteroatoms. The molecule has 0 aromatic carbocycles. The molecule has 0 heterocycles. The minimum absolute atomic E-state index is 0.150. The third kappa shape index (κ3) is 6.77. The monoisotopic (exact) mass is 236 g/mol. The molecule has 0 aliphatic heterocycles. The second kappa shape index (κ2) is 9.01. The molecule has 0 rings (SSSR count). The van der Waals surface area contributed by atoms with E-state index in [-0.39, 0.29) is 23.8 Å². The molecule has 0 bridgehead atoms. The summed E-state index contributed by atoms with van der Waals surface area (Å²) >= 11 is 1.50. The average molecular weight is 236 g/mol. The van der Waals surface area contributed by atoms with E-state index in [1.165, 1.54) is 11.8 Å². The third-order valence-electron chi connectivity index (χ3n) is 1.86. The summed E-state index contributed by atoms with van der Waals surface area (Å²) in [6, 6.07) is 0. The van der Waals surface area contributed by atoms with Crippen molar-refractivity contribution in [3.63, 3.8) is 0 Å². The lowest BCUT2D eigenvalue weighted by atomic mass is 10.1. The van der Waals surface area contributed by atoms with Gasteiger partial charge in [0.2, 0.25) is 0 Å². The molecular weight excluding hydrogens is 215 g/mol. The molecule has 0 aliphatic rings. The van der Waals surface area contributed by atoms with E-state index in [0.29, 0.717) is 18.8 Å². The van der Waals surface area contributed by atoms with Crippen molar-refractivity contribution in [2.75, 3.05) is 19.0 Å². The maximum atomic E-state index is 11.9. The van der Waals surface area contributed by atoms with Gasteiger partial charge < -0.3 is 4.74 Å². The maximum Gasteiger partial charge on any atom is 0.319 e. The molecule has 1 atom stereocenters. The van der Waals surface area contributed by atoms with E-state index in [1.54, 1.807) is 0 Å². The van der Waals surface area contributed by atoms with E-state index < -0.39 is 0 Å². The second-order valence-electron chi connectivity index (χ2n) is 3.75. The maximum absolute atomic E-state index is 11.9. The molecule has 0 aromatic rings. The van der Waals surface area contributed by atoms with Gasteiger partial charge in [0.25, 0.3) is 0 Å². The Labute approximate surface area is 96.0 Å². The lowest BCUT2D eigenvalue weighted by molar-refractivity contribution is -0.143. The Morgan fingerprint density at radius 1 is 1.47 bits per heavy atom. The molecule has 0 aromatic heterocycles. The molecule has 2 nitrogen and oxygen atoms in total. The van der Waals surface area contributed by atoms with Gasteiger partial charge in [0.15, 0.2) is 0 Å². The van der Waals surface area contributed by atoms with Crippen molar-refractivity contribution in [1.29, 1.82) is 0 Å². The summed E-state index contributed by atoms with van der Waals surface area (Å²) in [5, 5.41) is -0.150. The quantitative estimate of drug-likeness (QED) is 0.478. The summed E-state index contributed by atoms with van der Waals surface area (Å²) in [6.07, 6.45) is 1.35. The van der Waals surface area contributed by atoms with E-state index in [4.69, 9.17) is 4.74 Å². The molecule has 0 fully saturated rings. The number of halogens is 1. The van der Waals surface area contributed by atoms with Gasteiger partial charge in [-0.25, -0.2) is 0 Å². The first-order chi connectivity index (χ1) is 7.13. The number of carbonyl (C=O) groups is 1. The lowest BCUT2D eigenvalue weighted by Gasteiger charge is -2.18. The first-order valence-corrected chi connectivity index (χ1v) is 6.52. The molecule has 0 N–H and O–H groups in total. The van der Waals surface area contributed by atoms with E-state index in [9.17, 15) is 9.18 Å². The molecule has 90 valence electrons. The Balaban J connectivity index is 3.96. The van der Waals surface area contributed by atoms with Crippen molar-refractivity contribution in [3.8, 4) is 0 Å². The number of ether oxygens (including phenoxy) is 1. The number of alkyl halides is 1. The van der Waals surface area contributed by atoms with Gasteiger partial charge in [0.1, 0.15) is 5.25 Å². The standard InChI is InChI=1S/C11H21FO2S/c1-4-7-14-11(13)10(9(2)3)15-8-5-6-12/h9-10H,4-8H2,1-3H3. The Bertz CT molecular complexity index is 174. The number of hydrogen-bond acceptors (Lipinski definition) is 3. The Morgan fingerprint density at radius 2 is 2.13 bits per heavy atom. The summed E-state index contributed by atoms with van der Waals surface area (Å²) in [4.78, 5) is 11.6. The van der Waals surface area contributed by atoms with E-state index in [2.05, 4.69) is 0 Å². The Morgan fingerprint density at radius 3 is 2.60 bits per heavy atom. The SMILES string of the molecule is CCCOC(=O)C(SCCCF)C(C)C. The van der Waals surface area contributed by atoms with Crippen LogP contribution in [-0.2, 0) is 9.53 Å². The predicted octanol–water partition coefficient (Wildman–Crippen LogP) is 3.06. The highest BCUT2D eigenvalue weighted by atomic mass is 32.2. The second-order valence-corrected chi connectivity index (χ2v) is 4.99. The fourth-order valence-corrected chi connectivity index (χ4v) is 2.20. The molecule has 0 spiro atoms. The number of thioether (sulfide) groups is 1. The van der Waals surface area contributed by atoms with Gasteiger partial charge in [-0.2, -0.15) is 0 Å². The van der Waals surface area contributed by atoms with Crippen LogP contribution in [0.3, 0.4) is 0 Å². The van der Waals surface area contributed by atoms with Crippen LogP contribution in [0.15, 0.2) is 0 Å². The van der Waals surface area contributed by atoms with Crippen molar-refractivity contribution in [3.05, 3.63) is 0 Å². The molecule has 0 radical (unpaired) electrons. The van der Waals surface area contributed by atoms with Gasteiger partial charge in [-0.15, -0.1) is 11.8 Å². The van der Waals surface area contributed by atoms with Crippen molar-refractivity contribution in [2.45, 2.75) is 38.9 Å². The highest BCUT2D eigenvalue weighted by molar-refractivity contribution is 8.00. The predicted molar refractivity (Wildman–Crippen MR) is 62.9 cm³/mol. The van der Waals surface area contributed by atoms with Crippen LogP contribution in [0, 0.1) is 5.92 Å². The van der Waals surface area contributed by atoms with Gasteiger partial charge in [-0.1, -0.05) is 20.8 Å². The first kappa shape index (κ1) is 14.8. The molecule has 0 saturated carbocycles. The summed E-state index contributed by atoms with van der Waals surface area (Å²) in [5.74, 6) is 0.760. The van der Waals surface area contributed by atoms with Crippen molar-refractivity contribution in [1.82, 2.24) is 0 Å². The van der Waals surface area contributed by atoms with Gasteiger partial charge in [0, 0.05) is 0 Å². The van der Waals surface area contributed by atoms with Crippen LogP contribution >= 0.6 is 11.8 Å². The highest BCUT2D eigenvalue weighted by Crippen LogP contribution is 2.21. The number of carbonyl (C=O) groups excluding carboxylic acids is 1. The zero-order valence-corrected chi connectivity index (χ0v) is 10.6. The van der Waals surface area contributed by atoms with Crippen LogP contribution in [0.25, 0.3) is 0 Å². The normalized spacial score (nSPS) is 12.9. The topological polar surface area (TPSA) is 26.3 Å². The fourth-order valence-electron chi connectivity index (χ4n) is 1.08. The molecular formula is C11H21FO2S. The Hall–Kier alpha value is -0.250. The number of hydrogen-bond donors (Lipinski definition) is 0. The van der Waals surface area contributed by atoms with Gasteiger partial charge >= 0.3 is 5.97 Å². The van der Waals surface area contributed by atoms with Crippen LogP contribution in [0.2, 0.25) is 0 Å². The van der Waals surface area contributed by atoms with Crippen LogP contribution in [0.4, 0.5) is 4.39 Å². The number of esters is 1. The van der Waals surface area contributed by atoms with E-state index >= 15 is 0 Å². The zero-order valence-electron chi connectivity index (χ0n) is 9.79. The summed E-state index contributed by atoms with van der Waals surface area (Å²) in [6.45, 7) is 6.10. The molecule has 0 amide bonds. The molecule has 0 aliphatic carbocycles. The first-order valence-electron chi connectivity index (χ1n) is 5.47. The third-order valence-corrected chi connectivity index (χ3v) is 3.48. The van der Waals surface area contributed by atoms with Crippen LogP contribution in [0.1, 0.15) is 33.6 Å². The van der Waals surface area contributed by atoms with Crippen LogP contribution in [-0.4, -0.2) is 30.3 Å². The lowest BCUT2D eigenvalue weighted by Crippen LogP contribution is -2.26. The minimum Gasteiger partial charge on any atom is -0.465 e. The van der Waals surface area contributed by atoms with Gasteiger partial charge in [-0.05, 0) is 24.5 Å². The summed E-state index contributed by atoms with van der Waals surface area (Å²) in [7, 11) is 0. The van der Waals surface area contributed by atoms with Crippen molar-refractivity contribution < 1.29 is 13.9 Å². The summed E-state index contributed by atoms with van der Waals surface area (Å²) in [5.41, 5.74) is 0. The van der Waals surface area contributed by atoms with E-state index in [1.807, 2.05) is 20.8 Å². The zero-order chi connectivity index (χ0) is 11.7. The van der Waals surface area contributed by atoms with E-state index in [0.717, 1.165) is 6.42 Å². The minimum atomic E-state index is -0.318. The highest BCUT2D eigenvalue weighted by Gasteiger charge is 2.23. The molecule has 15 heavy (non-hydrogen) atoms. The van der Waals surface area contributed by atoms with Crippen molar-refractivity contribution in [2.24, 2.45) is 5.92 Å². The van der Waals surface area contributed by atoms with Crippen molar-refractivity contribution >= 4 is 17.7 Å². The fraction of sp³-hybridized carbons (Fsp3) is 0.909. The summed E-state index contributed by atoms with van der Waals surface area (Å²) < 4.78 is 17.0. The Kier molecular flexibility index (Phi) is 8.86. The largest absolute Gasteiger partial charge is 0.465 e. The molecule has 1 unspecified atom stereocenters. The molecule has 0 saturated heterocycles. The van der Waals surface area contributed by atoms with Crippen LogP contribution in [0.5, 0.6) is 0 Å². The van der Waals surface area contributed by atoms with Crippen LogP contribution < -0.4 is 0 Å². The van der Waals surface area contributed by atoms with Gasteiger partial charge in [-0.3, -0.25) is 9.18 Å². The number of rotatable bonds is 8. The van der Waals surface area contributed by atoms with Gasteiger partial charge in [0.05, 0.1) is 13.3 Å². The average Bonchev–Trinajstić information content (AvgIpc) is 2.20.